The molecule has 2 heterocycles. The van der Waals surface area contributed by atoms with Gasteiger partial charge >= 0.3 is 5.97 Å². The average molecular weight is 623 g/mol. The van der Waals surface area contributed by atoms with E-state index in [-0.39, 0.29) is 24.3 Å². The van der Waals surface area contributed by atoms with Crippen LogP contribution in [0.5, 0.6) is 0 Å². The molecule has 0 amide bonds. The summed E-state index contributed by atoms with van der Waals surface area (Å²) in [7, 11) is 0. The molecular weight excluding hydrogens is 556 g/mol. The van der Waals surface area contributed by atoms with Crippen LogP contribution in [0, 0.1) is 0 Å². The second-order valence-electron chi connectivity index (χ2n) is 13.5. The van der Waals surface area contributed by atoms with Crippen molar-refractivity contribution in [2.45, 2.75) is 204 Å². The molecule has 256 valence electrons. The van der Waals surface area contributed by atoms with E-state index in [1.54, 1.807) is 6.08 Å². The van der Waals surface area contributed by atoms with Crippen LogP contribution in [0.25, 0.3) is 0 Å². The Morgan fingerprint density at radius 2 is 1.25 bits per heavy atom. The molecule has 0 aromatic rings. The van der Waals surface area contributed by atoms with E-state index >= 15 is 0 Å². The molecular formula is C37H66O7. The molecule has 2 rings (SSSR count). The highest BCUT2D eigenvalue weighted by Gasteiger charge is 2.34. The predicted octanol–water partition coefficient (Wildman–Crippen LogP) is 7.62. The molecule has 7 heteroatoms. The summed E-state index contributed by atoms with van der Waals surface area (Å²) in [4.78, 5) is 11.7. The molecule has 0 saturated carbocycles. The van der Waals surface area contributed by atoms with E-state index in [2.05, 4.69) is 19.1 Å². The Hall–Kier alpha value is -1.25. The van der Waals surface area contributed by atoms with E-state index in [4.69, 9.17) is 9.47 Å². The van der Waals surface area contributed by atoms with E-state index in [1.807, 2.05) is 6.92 Å². The van der Waals surface area contributed by atoms with Gasteiger partial charge in [-0.25, -0.2) is 4.79 Å². The molecule has 0 spiro atoms. The van der Waals surface area contributed by atoms with Gasteiger partial charge in [0, 0.05) is 12.0 Å². The number of carbonyl (C=O) groups excluding carboxylic acids is 1. The first-order valence-corrected chi connectivity index (χ1v) is 18.2. The number of esters is 1. The summed E-state index contributed by atoms with van der Waals surface area (Å²) in [6.07, 6.45) is 26.2. The van der Waals surface area contributed by atoms with Crippen LogP contribution in [-0.4, -0.2) is 69.1 Å². The molecule has 1 saturated heterocycles. The Balaban J connectivity index is 1.42. The van der Waals surface area contributed by atoms with Crippen molar-refractivity contribution in [3.63, 3.8) is 0 Å². The van der Waals surface area contributed by atoms with Crippen molar-refractivity contribution in [1.82, 2.24) is 0 Å². The fraction of sp³-hybridized carbons (Fsp3) is 0.865. The fourth-order valence-corrected chi connectivity index (χ4v) is 6.46. The lowest BCUT2D eigenvalue weighted by molar-refractivity contribution is -0.139. The lowest BCUT2D eigenvalue weighted by atomic mass is 9.99. The SMILES string of the molecule is CCCCCCCCCC/C=C\CC[C@@H](O)[C@H]1CC[C@H]([C@H](O)CC[C@H](O)CCCCCCC[C@@H](O)CC2=C[C@H](C)OC2=O)O1. The van der Waals surface area contributed by atoms with Gasteiger partial charge in [-0.1, -0.05) is 96.1 Å². The first-order chi connectivity index (χ1) is 21.3. The second-order valence-corrected chi connectivity index (χ2v) is 13.5. The number of aliphatic hydroxyl groups excluding tert-OH is 4. The van der Waals surface area contributed by atoms with Crippen LogP contribution in [0.15, 0.2) is 23.8 Å². The fourth-order valence-electron chi connectivity index (χ4n) is 6.46. The topological polar surface area (TPSA) is 116 Å². The third-order valence-electron chi connectivity index (χ3n) is 9.28. The first kappa shape index (κ1) is 38.9. The number of hydrogen-bond donors (Lipinski definition) is 4. The summed E-state index contributed by atoms with van der Waals surface area (Å²) in [6, 6.07) is 0. The zero-order valence-corrected chi connectivity index (χ0v) is 28.1. The number of unbranched alkanes of at least 4 members (excludes halogenated alkanes) is 12. The molecule has 0 aromatic heterocycles. The molecule has 4 N–H and O–H groups in total. The Kier molecular flexibility index (Phi) is 21.2. The van der Waals surface area contributed by atoms with Gasteiger partial charge in [0.15, 0.2) is 0 Å². The van der Waals surface area contributed by atoms with E-state index in [1.165, 1.54) is 51.4 Å². The average Bonchev–Trinajstić information content (AvgIpc) is 3.62. The molecule has 7 atom stereocenters. The summed E-state index contributed by atoms with van der Waals surface area (Å²) < 4.78 is 11.1. The smallest absolute Gasteiger partial charge is 0.334 e. The molecule has 0 aromatic carbocycles. The number of aliphatic hydroxyl groups is 4. The molecule has 0 unspecified atom stereocenters. The quantitative estimate of drug-likeness (QED) is 0.0423. The van der Waals surface area contributed by atoms with Gasteiger partial charge in [0.25, 0.3) is 0 Å². The molecule has 2 aliphatic rings. The maximum absolute atomic E-state index is 11.7. The molecule has 7 nitrogen and oxygen atoms in total. The Morgan fingerprint density at radius 3 is 1.86 bits per heavy atom. The standard InChI is InChI=1S/C37H66O7/c1-3-4-5-6-7-8-9-10-11-12-16-19-22-33(40)35-25-26-36(44-35)34(41)24-23-31(38)20-17-14-13-15-18-21-32(39)28-30-27-29(2)43-37(30)42/h12,16,27,29,31-36,38-41H,3-11,13-15,17-26,28H2,1-2H3/b16-12-/t29-,31+,32+,33+,34+,35+,36+/m0/s1. The zero-order chi connectivity index (χ0) is 32.0. The maximum atomic E-state index is 11.7. The third-order valence-corrected chi connectivity index (χ3v) is 9.28. The van der Waals surface area contributed by atoms with Crippen molar-refractivity contribution in [1.29, 1.82) is 0 Å². The van der Waals surface area contributed by atoms with E-state index < -0.39 is 24.4 Å². The number of allylic oxidation sites excluding steroid dienone is 2. The number of ether oxygens (including phenoxy) is 2. The largest absolute Gasteiger partial charge is 0.455 e. The lowest BCUT2D eigenvalue weighted by Gasteiger charge is -2.22. The Labute approximate surface area is 268 Å². The summed E-state index contributed by atoms with van der Waals surface area (Å²) in [5.74, 6) is -0.306. The second kappa shape index (κ2) is 24.0. The van der Waals surface area contributed by atoms with E-state index in [0.717, 1.165) is 64.2 Å². The summed E-state index contributed by atoms with van der Waals surface area (Å²) in [5.41, 5.74) is 0.587. The van der Waals surface area contributed by atoms with Crippen LogP contribution in [0.1, 0.15) is 162 Å². The summed E-state index contributed by atoms with van der Waals surface area (Å²) >= 11 is 0. The van der Waals surface area contributed by atoms with Gasteiger partial charge in [0.05, 0.1) is 36.6 Å². The number of cyclic esters (lactones) is 1. The number of hydrogen-bond acceptors (Lipinski definition) is 7. The lowest BCUT2D eigenvalue weighted by Crippen LogP contribution is -2.31. The van der Waals surface area contributed by atoms with Gasteiger partial charge in [-0.2, -0.15) is 0 Å². The van der Waals surface area contributed by atoms with Crippen LogP contribution in [0.2, 0.25) is 0 Å². The highest BCUT2D eigenvalue weighted by Crippen LogP contribution is 2.28. The highest BCUT2D eigenvalue weighted by molar-refractivity contribution is 5.90. The first-order valence-electron chi connectivity index (χ1n) is 18.2. The highest BCUT2D eigenvalue weighted by atomic mass is 16.5. The van der Waals surface area contributed by atoms with E-state index in [0.29, 0.717) is 37.7 Å². The van der Waals surface area contributed by atoms with Crippen LogP contribution in [0.4, 0.5) is 0 Å². The van der Waals surface area contributed by atoms with E-state index in [9.17, 15) is 25.2 Å². The zero-order valence-electron chi connectivity index (χ0n) is 28.1. The van der Waals surface area contributed by atoms with Gasteiger partial charge in [-0.3, -0.25) is 0 Å². The normalized spacial score (nSPS) is 23.2. The van der Waals surface area contributed by atoms with Crippen LogP contribution >= 0.6 is 0 Å². The Morgan fingerprint density at radius 1 is 0.705 bits per heavy atom. The minimum absolute atomic E-state index is 0.192. The van der Waals surface area contributed by atoms with Gasteiger partial charge < -0.3 is 29.9 Å². The molecule has 1 fully saturated rings. The van der Waals surface area contributed by atoms with Crippen molar-refractivity contribution < 1.29 is 34.7 Å². The van der Waals surface area contributed by atoms with Crippen LogP contribution in [0.3, 0.4) is 0 Å². The van der Waals surface area contributed by atoms with Gasteiger partial charge in [0.1, 0.15) is 6.10 Å². The summed E-state index contributed by atoms with van der Waals surface area (Å²) in [5, 5.41) is 41.8. The van der Waals surface area contributed by atoms with Crippen molar-refractivity contribution >= 4 is 5.97 Å². The number of rotatable bonds is 27. The molecule has 0 bridgehead atoms. The minimum Gasteiger partial charge on any atom is -0.455 e. The number of carbonyl (C=O) groups is 1. The maximum Gasteiger partial charge on any atom is 0.334 e. The van der Waals surface area contributed by atoms with Crippen molar-refractivity contribution in [2.75, 3.05) is 0 Å². The Bertz CT molecular complexity index is 797. The predicted molar refractivity (Wildman–Crippen MR) is 177 cm³/mol. The molecule has 0 radical (unpaired) electrons. The minimum atomic E-state index is -0.607. The monoisotopic (exact) mass is 622 g/mol. The molecule has 44 heavy (non-hydrogen) atoms. The van der Waals surface area contributed by atoms with Crippen LogP contribution < -0.4 is 0 Å². The van der Waals surface area contributed by atoms with Crippen molar-refractivity contribution in [2.24, 2.45) is 0 Å². The third kappa shape index (κ3) is 17.4. The molecule has 0 aliphatic carbocycles. The molecule has 2 aliphatic heterocycles. The van der Waals surface area contributed by atoms with Crippen molar-refractivity contribution in [3.05, 3.63) is 23.8 Å². The van der Waals surface area contributed by atoms with Gasteiger partial charge in [0.2, 0.25) is 0 Å². The van der Waals surface area contributed by atoms with Crippen LogP contribution in [-0.2, 0) is 14.3 Å². The van der Waals surface area contributed by atoms with Crippen molar-refractivity contribution in [3.8, 4) is 0 Å². The van der Waals surface area contributed by atoms with Gasteiger partial charge in [-0.15, -0.1) is 0 Å². The van der Waals surface area contributed by atoms with Gasteiger partial charge in [-0.05, 0) is 77.2 Å². The summed E-state index contributed by atoms with van der Waals surface area (Å²) in [6.45, 7) is 4.08.